The summed E-state index contributed by atoms with van der Waals surface area (Å²) in [5.41, 5.74) is 3.01. The van der Waals surface area contributed by atoms with Crippen LogP contribution in [0.25, 0.3) is 0 Å². The largest absolute Gasteiger partial charge is 0.822 e. The molecule has 0 N–H and O–H groups in total. The van der Waals surface area contributed by atoms with Gasteiger partial charge >= 0.3 is 0 Å². The van der Waals surface area contributed by atoms with Crippen molar-refractivity contribution in [3.63, 3.8) is 0 Å². The zero-order chi connectivity index (χ0) is 39.6. The molecule has 3 aromatic rings. The third-order valence-corrected chi connectivity index (χ3v) is 19.0. The van der Waals surface area contributed by atoms with Gasteiger partial charge in [-0.1, -0.05) is 53.1 Å². The Morgan fingerprint density at radius 1 is 0.440 bits per heavy atom. The predicted octanol–water partition coefficient (Wildman–Crippen LogP) is 1.63. The summed E-state index contributed by atoms with van der Waals surface area (Å²) in [7, 11) is -22.5. The lowest BCUT2D eigenvalue weighted by atomic mass is 10.2. The standard InChI is InChI=1S/3C10H15O3S2.H3O4P/c3*1-9-4-6-10(7-5-9)15(12,13)8-14(2,3)11;1-5(2,3)4/h3*4-7H,8H2,1-3H3;(H3,1,2,3,4)/q3*+1;/p-3. The van der Waals surface area contributed by atoms with Gasteiger partial charge in [0.15, 0.2) is 0 Å². The first-order valence-corrected chi connectivity index (χ1v) is 28.0. The molecule has 0 heterocycles. The van der Waals surface area contributed by atoms with Crippen LogP contribution < -0.4 is 14.7 Å². The highest BCUT2D eigenvalue weighted by atomic mass is 32.3. The molecule has 50 heavy (non-hydrogen) atoms. The maximum absolute atomic E-state index is 11.8. The quantitative estimate of drug-likeness (QED) is 0.220. The first-order chi connectivity index (χ1) is 22.1. The molecule has 0 aromatic heterocycles. The first kappa shape index (κ1) is 48.1. The van der Waals surface area contributed by atoms with E-state index in [9.17, 15) is 37.9 Å². The number of rotatable bonds is 9. The van der Waals surface area contributed by atoms with Gasteiger partial charge in [0.2, 0.25) is 44.8 Å². The molecule has 0 radical (unpaired) electrons. The fourth-order valence-electron chi connectivity index (χ4n) is 3.56. The van der Waals surface area contributed by atoms with Gasteiger partial charge in [-0.2, -0.15) is 7.82 Å². The first-order valence-electron chi connectivity index (χ1n) is 14.0. The Balaban J connectivity index is 0.000000674. The molecule has 0 aliphatic rings. The third-order valence-electron chi connectivity index (χ3n) is 5.46. The van der Waals surface area contributed by atoms with Crippen LogP contribution in [-0.2, 0) is 76.5 Å². The maximum atomic E-state index is 11.8. The van der Waals surface area contributed by atoms with Crippen molar-refractivity contribution in [2.75, 3.05) is 52.8 Å². The fraction of sp³-hybridized carbons (Fsp3) is 0.400. The summed E-state index contributed by atoms with van der Waals surface area (Å²) in [6, 6.07) is 19.7. The molecule has 0 bridgehead atoms. The van der Waals surface area contributed by atoms with Crippen molar-refractivity contribution in [2.24, 2.45) is 0 Å². The van der Waals surface area contributed by atoms with Crippen molar-refractivity contribution < 1.29 is 57.1 Å². The highest BCUT2D eigenvalue weighted by Crippen LogP contribution is 2.17. The van der Waals surface area contributed by atoms with E-state index in [4.69, 9.17) is 19.2 Å². The summed E-state index contributed by atoms with van der Waals surface area (Å²) < 4.78 is 114. The lowest BCUT2D eigenvalue weighted by molar-refractivity contribution is -0.432. The molecule has 0 saturated heterocycles. The van der Waals surface area contributed by atoms with E-state index in [2.05, 4.69) is 0 Å². The molecule has 20 heteroatoms. The Bertz CT molecular complexity index is 1840. The molecule has 0 unspecified atom stereocenters. The van der Waals surface area contributed by atoms with E-state index in [-0.39, 0.29) is 29.9 Å². The molecule has 0 aliphatic heterocycles. The van der Waals surface area contributed by atoms with E-state index < -0.39 is 67.1 Å². The average molecular weight is 837 g/mol. The molecule has 0 fully saturated rings. The highest BCUT2D eigenvalue weighted by molar-refractivity contribution is 8.14. The molecule has 0 amide bonds. The van der Waals surface area contributed by atoms with Crippen molar-refractivity contribution in [1.82, 2.24) is 0 Å². The van der Waals surface area contributed by atoms with Crippen LogP contribution in [0.1, 0.15) is 16.7 Å². The van der Waals surface area contributed by atoms with Crippen LogP contribution in [0.5, 0.6) is 0 Å². The fourth-order valence-corrected chi connectivity index (χ4v) is 15.8. The Hall–Kier alpha value is -1.93. The Kier molecular flexibility index (Phi) is 18.0. The molecule has 0 atom stereocenters. The van der Waals surface area contributed by atoms with Gasteiger partial charge in [-0.3, -0.25) is 0 Å². The number of phosphoric acid groups is 1. The topological polar surface area (TPSA) is 240 Å². The molecule has 13 nitrogen and oxygen atoms in total. The Morgan fingerprint density at radius 3 is 0.700 bits per heavy atom. The minimum Gasteiger partial charge on any atom is -0.822 e. The minimum absolute atomic E-state index is 0.240. The Labute approximate surface area is 300 Å². The monoisotopic (exact) mass is 836 g/mol. The molecular weight excluding hydrogens is 792 g/mol. The van der Waals surface area contributed by atoms with Gasteiger partial charge in [0.1, 0.15) is 37.5 Å². The molecular formula is C30H45O13PS6. The molecule has 3 rings (SSSR count). The highest BCUT2D eigenvalue weighted by Gasteiger charge is 2.28. The minimum atomic E-state index is -5.39. The molecule has 3 aromatic carbocycles. The van der Waals surface area contributed by atoms with Gasteiger partial charge in [0.25, 0.3) is 0 Å². The normalized spacial score (nSPS) is 12.6. The number of hydrogen-bond acceptors (Lipinski definition) is 13. The summed E-state index contributed by atoms with van der Waals surface area (Å²) in [6.45, 7) is 5.66. The van der Waals surface area contributed by atoms with E-state index in [1.807, 2.05) is 20.8 Å². The zero-order valence-corrected chi connectivity index (χ0v) is 35.0. The van der Waals surface area contributed by atoms with Gasteiger partial charge in [-0.25, -0.2) is 25.3 Å². The maximum Gasteiger partial charge on any atom is 0.223 e. The van der Waals surface area contributed by atoms with Crippen molar-refractivity contribution in [1.29, 1.82) is 0 Å². The van der Waals surface area contributed by atoms with E-state index in [1.165, 1.54) is 37.5 Å². The zero-order valence-electron chi connectivity index (χ0n) is 29.3. The lowest BCUT2D eigenvalue weighted by Gasteiger charge is -2.36. The van der Waals surface area contributed by atoms with E-state index in [0.717, 1.165) is 16.7 Å². The van der Waals surface area contributed by atoms with Gasteiger partial charge in [-0.15, -0.1) is 12.6 Å². The lowest BCUT2D eigenvalue weighted by Crippen LogP contribution is -2.24. The summed E-state index contributed by atoms with van der Waals surface area (Å²) in [6.07, 6.45) is 8.74. The predicted molar refractivity (Wildman–Crippen MR) is 197 cm³/mol. The van der Waals surface area contributed by atoms with Crippen molar-refractivity contribution in [3.8, 4) is 0 Å². The van der Waals surface area contributed by atoms with E-state index in [0.29, 0.717) is 0 Å². The van der Waals surface area contributed by atoms with Gasteiger partial charge in [-0.05, 0) is 57.2 Å². The smallest absolute Gasteiger partial charge is 0.223 e. The summed E-state index contributed by atoms with van der Waals surface area (Å²) >= 11 is 0. The molecule has 0 aliphatic carbocycles. The summed E-state index contributed by atoms with van der Waals surface area (Å²) in [5, 5.41) is -0.866. The van der Waals surface area contributed by atoms with Crippen LogP contribution in [0.15, 0.2) is 87.5 Å². The van der Waals surface area contributed by atoms with Crippen molar-refractivity contribution in [3.05, 3.63) is 89.5 Å². The third kappa shape index (κ3) is 22.8. The van der Waals surface area contributed by atoms with Crippen LogP contribution in [0, 0.1) is 20.8 Å². The summed E-state index contributed by atoms with van der Waals surface area (Å²) in [5.74, 6) is 0. The van der Waals surface area contributed by atoms with Gasteiger partial charge < -0.3 is 19.2 Å². The molecule has 284 valence electrons. The number of benzene rings is 3. The van der Waals surface area contributed by atoms with Crippen LogP contribution in [0.2, 0.25) is 0 Å². The van der Waals surface area contributed by atoms with E-state index >= 15 is 0 Å². The van der Waals surface area contributed by atoms with Crippen molar-refractivity contribution in [2.45, 2.75) is 35.5 Å². The van der Waals surface area contributed by atoms with Crippen molar-refractivity contribution >= 4 is 67.1 Å². The number of sulfone groups is 3. The van der Waals surface area contributed by atoms with Crippen LogP contribution in [-0.4, -0.2) is 78.0 Å². The SMILES string of the molecule is Cc1ccc(S(=O)(=O)C[S+](C)(C)=O)cc1.Cc1ccc(S(=O)(=O)C[S+](C)(C)=O)cc1.Cc1ccc(S(=O)(=O)C[S+](C)(C)=O)cc1.O=P([O-])([O-])[O-]. The van der Waals surface area contributed by atoms with Crippen LogP contribution in [0.3, 0.4) is 0 Å². The molecule has 0 spiro atoms. The number of aryl methyl sites for hydroxylation is 3. The van der Waals surface area contributed by atoms with Gasteiger partial charge in [0.05, 0.1) is 44.5 Å². The number of hydrogen-bond donors (Lipinski definition) is 0. The second kappa shape index (κ2) is 18.7. The van der Waals surface area contributed by atoms with E-state index in [1.54, 1.807) is 72.8 Å². The van der Waals surface area contributed by atoms with Gasteiger partial charge in [0, 0.05) is 0 Å². The second-order valence-corrected chi connectivity index (χ2v) is 29.8. The average Bonchev–Trinajstić information content (AvgIpc) is 2.85. The Morgan fingerprint density at radius 2 is 0.580 bits per heavy atom. The summed E-state index contributed by atoms with van der Waals surface area (Å²) in [4.78, 5) is 26.4. The molecule has 0 saturated carbocycles. The second-order valence-electron chi connectivity index (χ2n) is 12.4. The van der Waals surface area contributed by atoms with Crippen LogP contribution in [0.4, 0.5) is 0 Å². The van der Waals surface area contributed by atoms with Crippen LogP contribution >= 0.6 is 7.82 Å².